The van der Waals surface area contributed by atoms with E-state index in [9.17, 15) is 83.6 Å². The summed E-state index contributed by atoms with van der Waals surface area (Å²) in [7, 11) is -3.85. The molecule has 0 aromatic heterocycles. The molecule has 23 heteroatoms. The van der Waals surface area contributed by atoms with E-state index in [2.05, 4.69) is 5.32 Å². The Morgan fingerprint density at radius 3 is 1.55 bits per heavy atom. The minimum atomic E-state index is -8.54. The molecule has 0 aliphatic rings. The first-order valence-corrected chi connectivity index (χ1v) is 11.8. The predicted octanol–water partition coefficient (Wildman–Crippen LogP) is 1.91. The van der Waals surface area contributed by atoms with Crippen molar-refractivity contribution in [1.82, 2.24) is 10.2 Å². The third kappa shape index (κ3) is 7.08. The van der Waals surface area contributed by atoms with Crippen LogP contribution in [0.3, 0.4) is 0 Å². The number of hydrogen-bond donors (Lipinski definition) is 1. The number of halogens is 15. The number of hydrogen-bond acceptors (Lipinski definition) is 5. The van der Waals surface area contributed by atoms with E-state index in [0.717, 1.165) is 0 Å². The second kappa shape index (κ2) is 12.9. The van der Waals surface area contributed by atoms with Crippen molar-refractivity contribution >= 4 is 16.0 Å². The van der Waals surface area contributed by atoms with Crippen LogP contribution in [-0.4, -0.2) is 85.6 Å². The first-order valence-electron chi connectivity index (χ1n) is 10.4. The van der Waals surface area contributed by atoms with Gasteiger partial charge in [0.1, 0.15) is 10.1 Å². The summed E-state index contributed by atoms with van der Waals surface area (Å²) in [6.45, 7) is -2.64. The van der Waals surface area contributed by atoms with Crippen molar-refractivity contribution in [3.63, 3.8) is 0 Å². The van der Waals surface area contributed by atoms with E-state index in [1.165, 1.54) is 7.05 Å². The van der Waals surface area contributed by atoms with Crippen molar-refractivity contribution in [2.45, 2.75) is 59.6 Å². The Balaban J connectivity index is 0.0000168. The van der Waals surface area contributed by atoms with Gasteiger partial charge in [-0.05, 0) is 37.7 Å². The third-order valence-electron chi connectivity index (χ3n) is 5.32. The van der Waals surface area contributed by atoms with Gasteiger partial charge in [0, 0.05) is 13.1 Å². The Bertz CT molecular complexity index is 1190. The van der Waals surface area contributed by atoms with E-state index in [-0.39, 0.29) is 36.1 Å². The first kappa shape index (κ1) is 40.5. The molecule has 0 fully saturated rings. The van der Waals surface area contributed by atoms with Gasteiger partial charge in [-0.25, -0.2) is 8.42 Å². The van der Waals surface area contributed by atoms with Crippen LogP contribution in [0.15, 0.2) is 29.2 Å². The maximum atomic E-state index is 14.5. The van der Waals surface area contributed by atoms with Crippen molar-refractivity contribution in [3.8, 4) is 0 Å². The van der Waals surface area contributed by atoms with Gasteiger partial charge in [0.2, 0.25) is 0 Å². The Morgan fingerprint density at radius 1 is 0.762 bits per heavy atom. The molecule has 0 bridgehead atoms. The number of benzene rings is 1. The van der Waals surface area contributed by atoms with Gasteiger partial charge in [-0.15, -0.1) is 0 Å². The zero-order chi connectivity index (χ0) is 32.7. The number of nitrogens with one attached hydrogen (secondary N) is 1. The molecule has 0 saturated carbocycles. The van der Waals surface area contributed by atoms with Gasteiger partial charge in [0.15, 0.2) is 0 Å². The maximum Gasteiger partial charge on any atom is 1.00 e. The van der Waals surface area contributed by atoms with E-state index < -0.39 is 92.6 Å². The second-order valence-electron chi connectivity index (χ2n) is 8.23. The molecule has 0 saturated heterocycles. The summed E-state index contributed by atoms with van der Waals surface area (Å²) < 4.78 is 235. The zero-order valence-corrected chi connectivity index (χ0v) is 23.6. The molecule has 1 aromatic carbocycles. The molecule has 6 nitrogen and oxygen atoms in total. The SMILES string of the molecule is CNCCCN(Cc1ccc(S(=O)(=O)[O-])cc1)C(=O)C(F)(F)C(F)(F)C(F)(F)C(F)(F)C(F)(F)C(F)(F)C(F)(F)F.[Na+]. The molecule has 0 heterocycles. The molecule has 1 N–H and O–H groups in total. The number of nitrogens with zero attached hydrogens (tertiary/aromatic N) is 1. The van der Waals surface area contributed by atoms with Gasteiger partial charge >= 0.3 is 71.3 Å². The van der Waals surface area contributed by atoms with E-state index >= 15 is 0 Å². The van der Waals surface area contributed by atoms with E-state index in [4.69, 9.17) is 0 Å². The second-order valence-corrected chi connectivity index (χ2v) is 9.61. The number of alkyl halides is 15. The van der Waals surface area contributed by atoms with Crippen LogP contribution < -0.4 is 34.9 Å². The Morgan fingerprint density at radius 2 is 1.17 bits per heavy atom. The van der Waals surface area contributed by atoms with Crippen molar-refractivity contribution in [3.05, 3.63) is 29.8 Å². The van der Waals surface area contributed by atoms with Crippen molar-refractivity contribution in [2.24, 2.45) is 0 Å². The molecule has 238 valence electrons. The number of amides is 1. The van der Waals surface area contributed by atoms with Crippen LogP contribution in [0.4, 0.5) is 65.9 Å². The molecule has 1 amide bonds. The largest absolute Gasteiger partial charge is 1.00 e. The molecule has 0 atom stereocenters. The van der Waals surface area contributed by atoms with Crippen LogP contribution in [0.25, 0.3) is 0 Å². The van der Waals surface area contributed by atoms with Gasteiger partial charge in [-0.2, -0.15) is 65.9 Å². The van der Waals surface area contributed by atoms with Crippen LogP contribution in [0, 0.1) is 0 Å². The number of rotatable bonds is 13. The van der Waals surface area contributed by atoms with Crippen molar-refractivity contribution < 1.29 is 113 Å². The Hall–Kier alpha value is -1.49. The van der Waals surface area contributed by atoms with Crippen molar-refractivity contribution in [1.29, 1.82) is 0 Å². The molecule has 42 heavy (non-hydrogen) atoms. The predicted molar refractivity (Wildman–Crippen MR) is 104 cm³/mol. The summed E-state index contributed by atoms with van der Waals surface area (Å²) in [6.07, 6.45) is -8.23. The van der Waals surface area contributed by atoms with Crippen molar-refractivity contribution in [2.75, 3.05) is 20.1 Å². The van der Waals surface area contributed by atoms with E-state index in [1.54, 1.807) is 0 Å². The number of carbonyl (C=O) groups is 1. The summed E-state index contributed by atoms with van der Waals surface area (Å²) in [5.41, 5.74) is -0.470. The summed E-state index contributed by atoms with van der Waals surface area (Å²) >= 11 is 0. The Kier molecular flexibility index (Phi) is 12.4. The maximum absolute atomic E-state index is 14.5. The normalized spacial score (nSPS) is 14.4. The average Bonchev–Trinajstić information content (AvgIpc) is 2.81. The molecule has 0 aliphatic carbocycles. The minimum Gasteiger partial charge on any atom is -0.744 e. The molecule has 0 aliphatic heterocycles. The van der Waals surface area contributed by atoms with E-state index in [1.807, 2.05) is 0 Å². The van der Waals surface area contributed by atoms with Crippen LogP contribution in [0.2, 0.25) is 0 Å². The van der Waals surface area contributed by atoms with Crippen LogP contribution in [0.1, 0.15) is 12.0 Å². The molecule has 0 unspecified atom stereocenters. The average molecular weight is 676 g/mol. The van der Waals surface area contributed by atoms with Gasteiger partial charge in [0.05, 0.1) is 4.90 Å². The quantitative estimate of drug-likeness (QED) is 0.149. The summed E-state index contributed by atoms with van der Waals surface area (Å²) in [4.78, 5) is 10.9. The Labute approximate surface area is 248 Å². The first-order chi connectivity index (χ1) is 18.1. The third-order valence-corrected chi connectivity index (χ3v) is 6.17. The molecule has 0 radical (unpaired) electrons. The van der Waals surface area contributed by atoms with Crippen LogP contribution in [0.5, 0.6) is 0 Å². The minimum absolute atomic E-state index is 0. The fourth-order valence-corrected chi connectivity index (χ4v) is 3.45. The molecule has 1 aromatic rings. The van der Waals surface area contributed by atoms with Gasteiger partial charge < -0.3 is 14.8 Å². The summed E-state index contributed by atoms with van der Waals surface area (Å²) in [6, 6.07) is 2.33. The molecule has 0 spiro atoms. The van der Waals surface area contributed by atoms with Gasteiger partial charge in [-0.1, -0.05) is 12.1 Å². The van der Waals surface area contributed by atoms with Crippen LogP contribution in [-0.2, 0) is 21.5 Å². The fourth-order valence-electron chi connectivity index (χ4n) is 2.98. The van der Waals surface area contributed by atoms with Gasteiger partial charge in [0.25, 0.3) is 5.91 Å². The molecular formula is C19H16F15N2NaO4S. The summed E-state index contributed by atoms with van der Waals surface area (Å²) in [5, 5.41) is 2.37. The topological polar surface area (TPSA) is 89.5 Å². The molecular weight excluding hydrogens is 660 g/mol. The fraction of sp³-hybridized carbons (Fsp3) is 0.632. The smallest absolute Gasteiger partial charge is 0.744 e. The monoisotopic (exact) mass is 676 g/mol. The van der Waals surface area contributed by atoms with Gasteiger partial charge in [-0.3, -0.25) is 4.79 Å². The van der Waals surface area contributed by atoms with E-state index in [0.29, 0.717) is 24.3 Å². The zero-order valence-electron chi connectivity index (χ0n) is 20.8. The standard InChI is InChI=1S/C19H17F15N2O4S.Na/c1-35-7-2-8-36(9-10-3-5-11(6-4-10)41(38,39)40)12(37)13(20,21)14(22,23)15(24,25)16(26,27)17(28,29)18(30,31)19(32,33)34;/h3-6,35H,2,7-9H2,1H3,(H,38,39,40);/q;+1/p-1. The number of carbonyl (C=O) groups excluding carboxylic acids is 1. The summed E-state index contributed by atoms with van der Waals surface area (Å²) in [5.74, 6) is -52.2. The molecule has 1 rings (SSSR count). The van der Waals surface area contributed by atoms with Crippen LogP contribution >= 0.6 is 0 Å².